The lowest BCUT2D eigenvalue weighted by Gasteiger charge is -2.13. The van der Waals surface area contributed by atoms with E-state index < -0.39 is 0 Å². The number of nitrogens with two attached hydrogens (primary N) is 1. The fourth-order valence-electron chi connectivity index (χ4n) is 5.14. The minimum absolute atomic E-state index is 0.113. The summed E-state index contributed by atoms with van der Waals surface area (Å²) in [5.74, 6) is 0.220. The SMILES string of the molecule is N[C@@]1(Cc2ccc3ccccc3c2)C[C@H]1c1ccc(NC(=O)c2ccc(-c3ccccc3)cc2)cc1. The number of carbonyl (C=O) groups is 1. The third kappa shape index (κ3) is 4.53. The predicted octanol–water partition coefficient (Wildman–Crippen LogP) is 7.19. The van der Waals surface area contributed by atoms with Crippen molar-refractivity contribution in [2.75, 3.05) is 5.32 Å². The summed E-state index contributed by atoms with van der Waals surface area (Å²) in [6, 6.07) is 41.0. The van der Waals surface area contributed by atoms with Gasteiger partial charge in [0.1, 0.15) is 0 Å². The Hall–Kier alpha value is -4.21. The van der Waals surface area contributed by atoms with Gasteiger partial charge >= 0.3 is 0 Å². The molecule has 6 rings (SSSR count). The Kier molecular flexibility index (Phi) is 5.63. The molecule has 1 amide bonds. The predicted molar refractivity (Wildman–Crippen MR) is 148 cm³/mol. The lowest BCUT2D eigenvalue weighted by atomic mass is 9.97. The molecule has 36 heavy (non-hydrogen) atoms. The van der Waals surface area contributed by atoms with Crippen molar-refractivity contribution in [2.24, 2.45) is 5.73 Å². The van der Waals surface area contributed by atoms with Crippen LogP contribution in [0, 0.1) is 0 Å². The molecular weight excluding hydrogens is 440 g/mol. The highest BCUT2D eigenvalue weighted by Gasteiger charge is 2.51. The quantitative estimate of drug-likeness (QED) is 0.277. The van der Waals surface area contributed by atoms with Crippen molar-refractivity contribution in [1.29, 1.82) is 0 Å². The summed E-state index contributed by atoms with van der Waals surface area (Å²) >= 11 is 0. The normalized spacial score (nSPS) is 18.6. The molecule has 5 aromatic rings. The van der Waals surface area contributed by atoms with Crippen LogP contribution in [-0.4, -0.2) is 11.4 Å². The van der Waals surface area contributed by atoms with Gasteiger partial charge in [0, 0.05) is 22.7 Å². The van der Waals surface area contributed by atoms with Crippen LogP contribution in [0.3, 0.4) is 0 Å². The Morgan fingerprint density at radius 2 is 1.42 bits per heavy atom. The van der Waals surface area contributed by atoms with Crippen LogP contribution in [0.1, 0.15) is 33.8 Å². The van der Waals surface area contributed by atoms with Crippen molar-refractivity contribution in [1.82, 2.24) is 0 Å². The molecule has 3 nitrogen and oxygen atoms in total. The van der Waals surface area contributed by atoms with Crippen LogP contribution in [0.2, 0.25) is 0 Å². The minimum Gasteiger partial charge on any atom is -0.324 e. The first-order chi connectivity index (χ1) is 17.6. The molecule has 0 spiro atoms. The van der Waals surface area contributed by atoms with E-state index in [2.05, 4.69) is 72.0 Å². The van der Waals surface area contributed by atoms with Crippen LogP contribution < -0.4 is 11.1 Å². The zero-order chi connectivity index (χ0) is 24.5. The van der Waals surface area contributed by atoms with E-state index >= 15 is 0 Å². The van der Waals surface area contributed by atoms with Gasteiger partial charge in [0.25, 0.3) is 5.91 Å². The van der Waals surface area contributed by atoms with Gasteiger partial charge in [-0.25, -0.2) is 0 Å². The van der Waals surface area contributed by atoms with E-state index in [4.69, 9.17) is 5.73 Å². The average Bonchev–Trinajstić information content (AvgIpc) is 3.59. The van der Waals surface area contributed by atoms with Gasteiger partial charge in [-0.3, -0.25) is 4.79 Å². The highest BCUT2D eigenvalue weighted by Crippen LogP contribution is 2.51. The van der Waals surface area contributed by atoms with Crippen LogP contribution in [-0.2, 0) is 6.42 Å². The van der Waals surface area contributed by atoms with E-state index in [0.29, 0.717) is 11.5 Å². The minimum atomic E-state index is -0.215. The molecule has 1 aliphatic carbocycles. The van der Waals surface area contributed by atoms with Gasteiger partial charge < -0.3 is 11.1 Å². The molecule has 1 aliphatic rings. The number of rotatable bonds is 6. The Labute approximate surface area is 211 Å². The summed E-state index contributed by atoms with van der Waals surface area (Å²) in [7, 11) is 0. The molecule has 3 heteroatoms. The van der Waals surface area contributed by atoms with Gasteiger partial charge in [-0.05, 0) is 70.1 Å². The highest BCUT2D eigenvalue weighted by molar-refractivity contribution is 6.04. The van der Waals surface area contributed by atoms with Crippen LogP contribution in [0.4, 0.5) is 5.69 Å². The lowest BCUT2D eigenvalue weighted by molar-refractivity contribution is 0.102. The Balaban J connectivity index is 1.09. The smallest absolute Gasteiger partial charge is 0.255 e. The number of benzene rings is 5. The first-order valence-corrected chi connectivity index (χ1v) is 12.4. The van der Waals surface area contributed by atoms with Crippen molar-refractivity contribution in [3.63, 3.8) is 0 Å². The molecule has 5 aromatic carbocycles. The second kappa shape index (κ2) is 9.10. The third-order valence-corrected chi connectivity index (χ3v) is 7.29. The summed E-state index contributed by atoms with van der Waals surface area (Å²) in [5.41, 5.74) is 12.7. The number of nitrogens with one attached hydrogen (secondary N) is 1. The van der Waals surface area contributed by atoms with Gasteiger partial charge in [-0.1, -0.05) is 97.1 Å². The zero-order valence-corrected chi connectivity index (χ0v) is 20.0. The monoisotopic (exact) mass is 468 g/mol. The molecule has 3 N–H and O–H groups in total. The third-order valence-electron chi connectivity index (χ3n) is 7.29. The number of hydrogen-bond acceptors (Lipinski definition) is 2. The summed E-state index contributed by atoms with van der Waals surface area (Å²) in [6.07, 6.45) is 1.83. The van der Waals surface area contributed by atoms with E-state index in [1.807, 2.05) is 54.6 Å². The zero-order valence-electron chi connectivity index (χ0n) is 20.0. The molecule has 176 valence electrons. The summed E-state index contributed by atoms with van der Waals surface area (Å²) < 4.78 is 0. The van der Waals surface area contributed by atoms with Crippen molar-refractivity contribution < 1.29 is 4.79 Å². The standard InChI is InChI=1S/C33H28N2O/c34-33(21-23-10-11-25-8-4-5-9-29(25)20-23)22-31(33)27-16-18-30(19-17-27)35-32(36)28-14-12-26(13-15-28)24-6-2-1-3-7-24/h1-20,31H,21-22,34H2,(H,35,36)/t31-,33-/m0/s1. The number of amides is 1. The van der Waals surface area contributed by atoms with E-state index in [1.54, 1.807) is 0 Å². The molecule has 0 aromatic heterocycles. The Bertz CT molecular complexity index is 1520. The maximum absolute atomic E-state index is 12.8. The first-order valence-electron chi connectivity index (χ1n) is 12.4. The second-order valence-electron chi connectivity index (χ2n) is 9.87. The number of fused-ring (bicyclic) bond motifs is 1. The van der Waals surface area contributed by atoms with Crippen LogP contribution in [0.15, 0.2) is 121 Å². The van der Waals surface area contributed by atoms with Crippen molar-refractivity contribution in [3.8, 4) is 11.1 Å². The molecular formula is C33H28N2O. The van der Waals surface area contributed by atoms with E-state index in [9.17, 15) is 4.79 Å². The fraction of sp³-hybridized carbons (Fsp3) is 0.121. The molecule has 1 fully saturated rings. The maximum Gasteiger partial charge on any atom is 0.255 e. The van der Waals surface area contributed by atoms with Gasteiger partial charge in [0.2, 0.25) is 0 Å². The van der Waals surface area contributed by atoms with E-state index in [1.165, 1.54) is 21.9 Å². The molecule has 2 atom stereocenters. The summed E-state index contributed by atoms with van der Waals surface area (Å²) in [5, 5.41) is 5.52. The van der Waals surface area contributed by atoms with E-state index in [-0.39, 0.29) is 11.4 Å². The number of hydrogen-bond donors (Lipinski definition) is 2. The van der Waals surface area contributed by atoms with Gasteiger partial charge in [-0.2, -0.15) is 0 Å². The fourth-order valence-corrected chi connectivity index (χ4v) is 5.14. The highest BCUT2D eigenvalue weighted by atomic mass is 16.1. The molecule has 0 aliphatic heterocycles. The number of carbonyl (C=O) groups excluding carboxylic acids is 1. The lowest BCUT2D eigenvalue weighted by Crippen LogP contribution is -2.27. The van der Waals surface area contributed by atoms with E-state index in [0.717, 1.165) is 29.7 Å². The van der Waals surface area contributed by atoms with Crippen molar-refractivity contribution in [2.45, 2.75) is 24.3 Å². The molecule has 0 unspecified atom stereocenters. The van der Waals surface area contributed by atoms with Crippen LogP contribution >= 0.6 is 0 Å². The summed E-state index contributed by atoms with van der Waals surface area (Å²) in [6.45, 7) is 0. The van der Waals surface area contributed by atoms with Gasteiger partial charge in [0.15, 0.2) is 0 Å². The molecule has 1 saturated carbocycles. The summed E-state index contributed by atoms with van der Waals surface area (Å²) in [4.78, 5) is 12.8. The van der Waals surface area contributed by atoms with Gasteiger partial charge in [0.05, 0.1) is 0 Å². The molecule has 0 radical (unpaired) electrons. The van der Waals surface area contributed by atoms with Crippen LogP contribution in [0.25, 0.3) is 21.9 Å². The Morgan fingerprint density at radius 3 is 2.17 bits per heavy atom. The van der Waals surface area contributed by atoms with Crippen LogP contribution in [0.5, 0.6) is 0 Å². The van der Waals surface area contributed by atoms with Crippen molar-refractivity contribution in [3.05, 3.63) is 138 Å². The van der Waals surface area contributed by atoms with Gasteiger partial charge in [-0.15, -0.1) is 0 Å². The molecule has 0 heterocycles. The second-order valence-corrected chi connectivity index (χ2v) is 9.87. The average molecular weight is 469 g/mol. The molecule has 0 bridgehead atoms. The first kappa shape index (κ1) is 22.3. The number of anilines is 1. The maximum atomic E-state index is 12.8. The topological polar surface area (TPSA) is 55.1 Å². The van der Waals surface area contributed by atoms with Crippen molar-refractivity contribution >= 4 is 22.4 Å². The largest absolute Gasteiger partial charge is 0.324 e. The Morgan fingerprint density at radius 1 is 0.750 bits per heavy atom. The molecule has 0 saturated heterocycles.